The SMILES string of the molecule is CC1CC[C@@H]2C[C@H](c3ccc(-c4ccc(C5=NC(C)(C)CO5)cc4)cc3)CC[C@@H]2C1. The Hall–Kier alpha value is -2.09. The minimum Gasteiger partial charge on any atom is -0.475 e. The standard InChI is InChI=1S/C28H35NO/c1-19-4-5-26-17-25(15-14-24(26)16-19)22-8-6-20(7-9-22)21-10-12-23(13-11-21)27-29-28(2,3)18-30-27/h6-13,19,24-26H,4-5,14-18H2,1-3H3/t19?,24-,25-,26-/m1/s1. The van der Waals surface area contributed by atoms with Gasteiger partial charge in [-0.3, -0.25) is 0 Å². The molecule has 158 valence electrons. The predicted octanol–water partition coefficient (Wildman–Crippen LogP) is 7.23. The van der Waals surface area contributed by atoms with Gasteiger partial charge in [-0.2, -0.15) is 0 Å². The Labute approximate surface area is 181 Å². The zero-order chi connectivity index (χ0) is 20.7. The number of ether oxygens (including phenoxy) is 1. The Kier molecular flexibility index (Phi) is 5.21. The summed E-state index contributed by atoms with van der Waals surface area (Å²) >= 11 is 0. The summed E-state index contributed by atoms with van der Waals surface area (Å²) in [6.07, 6.45) is 8.59. The zero-order valence-corrected chi connectivity index (χ0v) is 18.7. The molecule has 0 saturated heterocycles. The Bertz CT molecular complexity index is 909. The molecule has 1 unspecified atom stereocenters. The van der Waals surface area contributed by atoms with Crippen molar-refractivity contribution < 1.29 is 4.74 Å². The quantitative estimate of drug-likeness (QED) is 0.531. The van der Waals surface area contributed by atoms with Gasteiger partial charge in [-0.1, -0.05) is 49.7 Å². The molecule has 5 rings (SSSR count). The van der Waals surface area contributed by atoms with Crippen molar-refractivity contribution in [1.29, 1.82) is 0 Å². The third kappa shape index (κ3) is 4.06. The van der Waals surface area contributed by atoms with Crippen LogP contribution in [0.1, 0.15) is 76.3 Å². The van der Waals surface area contributed by atoms with E-state index in [2.05, 4.69) is 74.3 Å². The van der Waals surface area contributed by atoms with E-state index in [-0.39, 0.29) is 5.54 Å². The summed E-state index contributed by atoms with van der Waals surface area (Å²) in [4.78, 5) is 4.68. The predicted molar refractivity (Wildman–Crippen MR) is 125 cm³/mol. The highest BCUT2D eigenvalue weighted by Crippen LogP contribution is 2.47. The molecule has 2 saturated carbocycles. The lowest BCUT2D eigenvalue weighted by atomic mass is 9.64. The number of benzene rings is 2. The first-order chi connectivity index (χ1) is 14.5. The molecule has 2 aliphatic carbocycles. The zero-order valence-electron chi connectivity index (χ0n) is 18.7. The van der Waals surface area contributed by atoms with Crippen LogP contribution >= 0.6 is 0 Å². The highest BCUT2D eigenvalue weighted by atomic mass is 16.5. The van der Waals surface area contributed by atoms with Gasteiger partial charge >= 0.3 is 0 Å². The molecular formula is C28H35NO. The van der Waals surface area contributed by atoms with Crippen LogP contribution in [0.15, 0.2) is 53.5 Å². The van der Waals surface area contributed by atoms with E-state index in [4.69, 9.17) is 4.74 Å². The molecule has 0 N–H and O–H groups in total. The van der Waals surface area contributed by atoms with Gasteiger partial charge < -0.3 is 4.74 Å². The van der Waals surface area contributed by atoms with E-state index in [1.54, 1.807) is 5.56 Å². The molecule has 0 amide bonds. The molecule has 1 heterocycles. The van der Waals surface area contributed by atoms with Crippen LogP contribution in [0, 0.1) is 17.8 Å². The Morgan fingerprint density at radius 1 is 0.767 bits per heavy atom. The Balaban J connectivity index is 1.26. The maximum Gasteiger partial charge on any atom is 0.216 e. The lowest BCUT2D eigenvalue weighted by molar-refractivity contribution is 0.124. The number of fused-ring (bicyclic) bond motifs is 1. The van der Waals surface area contributed by atoms with Gasteiger partial charge in [-0.25, -0.2) is 4.99 Å². The molecule has 2 fully saturated rings. The minimum atomic E-state index is -0.112. The van der Waals surface area contributed by atoms with Crippen molar-refractivity contribution >= 4 is 5.90 Å². The third-order valence-electron chi connectivity index (χ3n) is 7.69. The average Bonchev–Trinajstić information content (AvgIpc) is 3.13. The van der Waals surface area contributed by atoms with Crippen LogP contribution in [0.4, 0.5) is 0 Å². The second kappa shape index (κ2) is 7.87. The summed E-state index contributed by atoms with van der Waals surface area (Å²) in [5, 5.41) is 0. The van der Waals surface area contributed by atoms with E-state index in [1.165, 1.54) is 49.7 Å². The molecule has 30 heavy (non-hydrogen) atoms. The van der Waals surface area contributed by atoms with Crippen molar-refractivity contribution in [3.8, 4) is 11.1 Å². The van der Waals surface area contributed by atoms with Crippen molar-refractivity contribution in [2.75, 3.05) is 6.61 Å². The fourth-order valence-electron chi connectivity index (χ4n) is 5.91. The first-order valence-corrected chi connectivity index (χ1v) is 11.9. The molecule has 4 atom stereocenters. The van der Waals surface area contributed by atoms with E-state index in [1.807, 2.05) is 0 Å². The molecular weight excluding hydrogens is 366 g/mol. The van der Waals surface area contributed by atoms with Crippen LogP contribution in [0.25, 0.3) is 11.1 Å². The van der Waals surface area contributed by atoms with Crippen molar-refractivity contribution in [3.63, 3.8) is 0 Å². The number of nitrogens with zero attached hydrogens (tertiary/aromatic N) is 1. The summed E-state index contributed by atoms with van der Waals surface area (Å²) in [5.74, 6) is 4.46. The highest BCUT2D eigenvalue weighted by molar-refractivity contribution is 5.95. The number of hydrogen-bond donors (Lipinski definition) is 0. The van der Waals surface area contributed by atoms with E-state index in [9.17, 15) is 0 Å². The topological polar surface area (TPSA) is 21.6 Å². The average molecular weight is 402 g/mol. The van der Waals surface area contributed by atoms with Gasteiger partial charge in [0.15, 0.2) is 0 Å². The van der Waals surface area contributed by atoms with Crippen LogP contribution < -0.4 is 0 Å². The summed E-state index contributed by atoms with van der Waals surface area (Å²) < 4.78 is 5.78. The van der Waals surface area contributed by atoms with Gasteiger partial charge in [-0.15, -0.1) is 0 Å². The van der Waals surface area contributed by atoms with Gasteiger partial charge in [0, 0.05) is 5.56 Å². The number of hydrogen-bond acceptors (Lipinski definition) is 2. The van der Waals surface area contributed by atoms with E-state index < -0.39 is 0 Å². The smallest absolute Gasteiger partial charge is 0.216 e. The normalized spacial score (nSPS) is 30.3. The van der Waals surface area contributed by atoms with E-state index in [0.29, 0.717) is 6.61 Å². The van der Waals surface area contributed by atoms with Crippen molar-refractivity contribution in [1.82, 2.24) is 0 Å². The van der Waals surface area contributed by atoms with Gasteiger partial charge in [0.05, 0.1) is 5.54 Å². The van der Waals surface area contributed by atoms with Crippen molar-refractivity contribution in [2.45, 2.75) is 70.8 Å². The maximum atomic E-state index is 5.78. The van der Waals surface area contributed by atoms with Crippen LogP contribution in [0.5, 0.6) is 0 Å². The Morgan fingerprint density at radius 3 is 2.03 bits per heavy atom. The van der Waals surface area contributed by atoms with E-state index >= 15 is 0 Å². The molecule has 3 aliphatic rings. The van der Waals surface area contributed by atoms with E-state index in [0.717, 1.165) is 35.1 Å². The monoisotopic (exact) mass is 401 g/mol. The van der Waals surface area contributed by atoms with Crippen LogP contribution in [-0.2, 0) is 4.74 Å². The maximum absolute atomic E-state index is 5.78. The summed E-state index contributed by atoms with van der Waals surface area (Å²) in [6.45, 7) is 7.32. The van der Waals surface area contributed by atoms with Gasteiger partial charge in [-0.05, 0) is 98.4 Å². The van der Waals surface area contributed by atoms with Crippen LogP contribution in [-0.4, -0.2) is 18.0 Å². The molecule has 0 radical (unpaired) electrons. The molecule has 2 aromatic carbocycles. The second-order valence-corrected chi connectivity index (χ2v) is 10.7. The molecule has 0 bridgehead atoms. The van der Waals surface area contributed by atoms with Crippen LogP contribution in [0.2, 0.25) is 0 Å². The van der Waals surface area contributed by atoms with Crippen molar-refractivity contribution in [2.24, 2.45) is 22.7 Å². The molecule has 2 nitrogen and oxygen atoms in total. The van der Waals surface area contributed by atoms with Gasteiger partial charge in [0.25, 0.3) is 0 Å². The Morgan fingerprint density at radius 2 is 1.37 bits per heavy atom. The summed E-state index contributed by atoms with van der Waals surface area (Å²) in [7, 11) is 0. The highest BCUT2D eigenvalue weighted by Gasteiger charge is 2.34. The van der Waals surface area contributed by atoms with Crippen LogP contribution in [0.3, 0.4) is 0 Å². The lowest BCUT2D eigenvalue weighted by Gasteiger charge is -2.41. The fourth-order valence-corrected chi connectivity index (χ4v) is 5.91. The first kappa shape index (κ1) is 19.8. The number of aliphatic imine (C=N–C) groups is 1. The summed E-state index contributed by atoms with van der Waals surface area (Å²) in [5.41, 5.74) is 5.05. The largest absolute Gasteiger partial charge is 0.475 e. The minimum absolute atomic E-state index is 0.112. The van der Waals surface area contributed by atoms with Gasteiger partial charge in [0.1, 0.15) is 6.61 Å². The first-order valence-electron chi connectivity index (χ1n) is 11.9. The molecule has 2 aromatic rings. The summed E-state index contributed by atoms with van der Waals surface area (Å²) in [6, 6.07) is 18.0. The van der Waals surface area contributed by atoms with Crippen molar-refractivity contribution in [3.05, 3.63) is 59.7 Å². The fraction of sp³-hybridized carbons (Fsp3) is 0.536. The molecule has 2 heteroatoms. The third-order valence-corrected chi connectivity index (χ3v) is 7.69. The lowest BCUT2D eigenvalue weighted by Crippen LogP contribution is -2.29. The molecule has 0 aromatic heterocycles. The molecule has 0 spiro atoms. The molecule has 1 aliphatic heterocycles. The number of rotatable bonds is 3. The second-order valence-electron chi connectivity index (χ2n) is 10.7. The van der Waals surface area contributed by atoms with Gasteiger partial charge in [0.2, 0.25) is 5.90 Å².